The highest BCUT2D eigenvalue weighted by Gasteiger charge is 2.21. The first-order valence-corrected chi connectivity index (χ1v) is 10.0. The summed E-state index contributed by atoms with van der Waals surface area (Å²) < 4.78 is 22.4. The molecule has 0 saturated carbocycles. The van der Waals surface area contributed by atoms with Crippen LogP contribution in [0.15, 0.2) is 55.0 Å². The quantitative estimate of drug-likeness (QED) is 0.434. The summed E-state index contributed by atoms with van der Waals surface area (Å²) in [6.07, 6.45) is 5.30. The number of carbonyl (C=O) groups excluding carboxylic acids is 1. The van der Waals surface area contributed by atoms with Crippen molar-refractivity contribution >= 4 is 23.1 Å². The zero-order valence-electron chi connectivity index (χ0n) is 17.4. The van der Waals surface area contributed by atoms with Gasteiger partial charge in [0.05, 0.1) is 18.0 Å². The Labute approximate surface area is 182 Å². The van der Waals surface area contributed by atoms with Crippen LogP contribution < -0.4 is 5.73 Å². The smallest absolute Gasteiger partial charge is 0.358 e. The highest BCUT2D eigenvalue weighted by atomic mass is 19.1. The zero-order valence-corrected chi connectivity index (χ0v) is 17.4. The molecule has 32 heavy (non-hydrogen) atoms. The lowest BCUT2D eigenvalue weighted by Gasteiger charge is -2.14. The average molecular weight is 430 g/mol. The molecular weight excluding hydrogens is 411 g/mol. The number of carbonyl (C=O) groups is 1. The largest absolute Gasteiger partial charge is 0.461 e. The number of esters is 1. The molecule has 0 atom stereocenters. The molecule has 0 saturated heterocycles. The van der Waals surface area contributed by atoms with Crippen molar-refractivity contribution in [1.82, 2.24) is 23.8 Å². The lowest BCUT2D eigenvalue weighted by molar-refractivity contribution is 0.0520. The normalized spacial score (nSPS) is 11.3. The fourth-order valence-electron chi connectivity index (χ4n) is 3.70. The van der Waals surface area contributed by atoms with Gasteiger partial charge in [-0.2, -0.15) is 0 Å². The molecule has 0 fully saturated rings. The predicted molar refractivity (Wildman–Crippen MR) is 118 cm³/mol. The average Bonchev–Trinajstić information content (AvgIpc) is 3.39. The van der Waals surface area contributed by atoms with Crippen molar-refractivity contribution in [1.29, 1.82) is 0 Å². The van der Waals surface area contributed by atoms with E-state index in [1.165, 1.54) is 12.1 Å². The second-order valence-electron chi connectivity index (χ2n) is 7.29. The number of hydrogen-bond donors (Lipinski definition) is 1. The van der Waals surface area contributed by atoms with Gasteiger partial charge in [-0.05, 0) is 50.2 Å². The van der Waals surface area contributed by atoms with E-state index < -0.39 is 5.97 Å². The topological polar surface area (TPSA) is 99.8 Å². The Morgan fingerprint density at radius 1 is 1.06 bits per heavy atom. The van der Waals surface area contributed by atoms with Gasteiger partial charge >= 0.3 is 5.97 Å². The molecule has 160 valence electrons. The van der Waals surface area contributed by atoms with E-state index in [-0.39, 0.29) is 23.9 Å². The van der Waals surface area contributed by atoms with Crippen molar-refractivity contribution in [2.75, 3.05) is 12.3 Å². The molecule has 8 nitrogen and oxygen atoms in total. The van der Waals surface area contributed by atoms with Gasteiger partial charge < -0.3 is 14.9 Å². The molecule has 5 rings (SSSR count). The van der Waals surface area contributed by atoms with E-state index in [2.05, 4.69) is 15.0 Å². The van der Waals surface area contributed by atoms with Crippen LogP contribution in [0.5, 0.6) is 0 Å². The summed E-state index contributed by atoms with van der Waals surface area (Å²) in [6, 6.07) is 9.80. The van der Waals surface area contributed by atoms with Gasteiger partial charge in [0.15, 0.2) is 17.2 Å². The number of halogens is 1. The minimum atomic E-state index is -0.550. The number of nitrogens with two attached hydrogens (primary N) is 1. The Hall–Kier alpha value is -4.27. The van der Waals surface area contributed by atoms with Crippen LogP contribution in [0.1, 0.15) is 23.1 Å². The molecule has 4 aromatic heterocycles. The molecule has 0 unspecified atom stereocenters. The van der Waals surface area contributed by atoms with E-state index in [0.717, 1.165) is 16.9 Å². The number of aryl methyl sites for hydroxylation is 1. The van der Waals surface area contributed by atoms with E-state index in [4.69, 9.17) is 10.5 Å². The number of ether oxygens (including phenoxy) is 1. The Balaban J connectivity index is 1.84. The van der Waals surface area contributed by atoms with Crippen molar-refractivity contribution in [3.05, 3.63) is 72.2 Å². The van der Waals surface area contributed by atoms with Crippen LogP contribution in [0.4, 0.5) is 10.2 Å². The number of nitrogens with zero attached hydrogens (tertiary/aromatic N) is 5. The van der Waals surface area contributed by atoms with Crippen LogP contribution in [-0.2, 0) is 4.74 Å². The van der Waals surface area contributed by atoms with Crippen molar-refractivity contribution in [3.63, 3.8) is 0 Å². The lowest BCUT2D eigenvalue weighted by atomic mass is 10.0. The number of fused-ring (bicyclic) bond motifs is 2. The van der Waals surface area contributed by atoms with Crippen molar-refractivity contribution < 1.29 is 13.9 Å². The van der Waals surface area contributed by atoms with Crippen molar-refractivity contribution in [2.24, 2.45) is 0 Å². The minimum absolute atomic E-state index is 0.123. The zero-order chi connectivity index (χ0) is 22.4. The molecule has 0 amide bonds. The van der Waals surface area contributed by atoms with Gasteiger partial charge in [-0.25, -0.2) is 24.1 Å². The first kappa shape index (κ1) is 19.7. The van der Waals surface area contributed by atoms with Crippen LogP contribution in [0, 0.1) is 12.7 Å². The van der Waals surface area contributed by atoms with Gasteiger partial charge in [0.2, 0.25) is 0 Å². The van der Waals surface area contributed by atoms with Crippen LogP contribution in [0.25, 0.3) is 33.8 Å². The molecule has 9 heteroatoms. The molecule has 0 bridgehead atoms. The summed E-state index contributed by atoms with van der Waals surface area (Å²) in [5.74, 6) is -0.763. The highest BCUT2D eigenvalue weighted by molar-refractivity contribution is 5.90. The van der Waals surface area contributed by atoms with Crippen LogP contribution in [0.2, 0.25) is 0 Å². The van der Waals surface area contributed by atoms with Crippen molar-refractivity contribution in [2.45, 2.75) is 13.8 Å². The molecule has 0 aliphatic carbocycles. The summed E-state index contributed by atoms with van der Waals surface area (Å²) in [6.45, 7) is 3.91. The van der Waals surface area contributed by atoms with Crippen LogP contribution >= 0.6 is 0 Å². The van der Waals surface area contributed by atoms with Gasteiger partial charge in [0, 0.05) is 35.4 Å². The number of benzene rings is 1. The van der Waals surface area contributed by atoms with E-state index in [0.29, 0.717) is 22.6 Å². The van der Waals surface area contributed by atoms with Gasteiger partial charge in [0.25, 0.3) is 0 Å². The van der Waals surface area contributed by atoms with Crippen molar-refractivity contribution in [3.8, 4) is 22.5 Å². The fourth-order valence-corrected chi connectivity index (χ4v) is 3.70. The molecule has 0 radical (unpaired) electrons. The fraction of sp³-hybridized carbons (Fsp3) is 0.130. The molecule has 1 aromatic carbocycles. The highest BCUT2D eigenvalue weighted by Crippen LogP contribution is 2.34. The van der Waals surface area contributed by atoms with Gasteiger partial charge in [-0.1, -0.05) is 0 Å². The standard InChI is InChI=1S/C23H19FN6O2/c1-3-32-23(31)17-12-30-20(15-6-9-18-26-10-13(2)29(18)11-15)19(28-21(25)22(30)27-17)14-4-7-16(24)8-5-14/h4-12H,3H2,1-2H3,(H2,25,28). The number of nitrogen functional groups attached to an aromatic ring is 1. The van der Waals surface area contributed by atoms with Crippen LogP contribution in [0.3, 0.4) is 0 Å². The first-order chi connectivity index (χ1) is 15.5. The summed E-state index contributed by atoms with van der Waals surface area (Å²) >= 11 is 0. The maximum absolute atomic E-state index is 13.6. The summed E-state index contributed by atoms with van der Waals surface area (Å²) in [5, 5.41) is 0. The van der Waals surface area contributed by atoms with E-state index in [1.807, 2.05) is 29.7 Å². The van der Waals surface area contributed by atoms with E-state index in [1.54, 1.807) is 35.9 Å². The second-order valence-corrected chi connectivity index (χ2v) is 7.29. The summed E-state index contributed by atoms with van der Waals surface area (Å²) in [7, 11) is 0. The minimum Gasteiger partial charge on any atom is -0.461 e. The molecule has 0 aliphatic heterocycles. The third-order valence-corrected chi connectivity index (χ3v) is 5.20. The van der Waals surface area contributed by atoms with Gasteiger partial charge in [-0.3, -0.25) is 4.40 Å². The molecular formula is C23H19FN6O2. The van der Waals surface area contributed by atoms with E-state index in [9.17, 15) is 9.18 Å². The second kappa shape index (κ2) is 7.45. The van der Waals surface area contributed by atoms with Gasteiger partial charge in [-0.15, -0.1) is 0 Å². The Morgan fingerprint density at radius 3 is 2.56 bits per heavy atom. The third-order valence-electron chi connectivity index (χ3n) is 5.20. The monoisotopic (exact) mass is 430 g/mol. The number of imidazole rings is 2. The Kier molecular flexibility index (Phi) is 4.58. The number of anilines is 1. The summed E-state index contributed by atoms with van der Waals surface area (Å²) in [5.41, 5.74) is 11.1. The number of rotatable bonds is 4. The number of pyridine rings is 1. The third kappa shape index (κ3) is 3.15. The molecule has 4 heterocycles. The van der Waals surface area contributed by atoms with Crippen LogP contribution in [-0.4, -0.2) is 36.3 Å². The van der Waals surface area contributed by atoms with Gasteiger partial charge in [0.1, 0.15) is 11.5 Å². The Morgan fingerprint density at radius 2 is 1.81 bits per heavy atom. The molecule has 0 spiro atoms. The molecule has 5 aromatic rings. The summed E-state index contributed by atoms with van der Waals surface area (Å²) in [4.78, 5) is 25.6. The Bertz CT molecular complexity index is 1490. The SMILES string of the molecule is CCOC(=O)c1cn2c(-c3ccc4ncc(C)n4c3)c(-c3ccc(F)cc3)nc(N)c2n1. The lowest BCUT2D eigenvalue weighted by Crippen LogP contribution is -2.04. The maximum Gasteiger partial charge on any atom is 0.358 e. The maximum atomic E-state index is 13.6. The van der Waals surface area contributed by atoms with E-state index >= 15 is 0 Å². The molecule has 0 aliphatic rings. The first-order valence-electron chi connectivity index (χ1n) is 10.0. The predicted octanol–water partition coefficient (Wildman–Crippen LogP) is 3.92. The number of hydrogen-bond acceptors (Lipinski definition) is 6. The number of aromatic nitrogens is 5. The molecule has 2 N–H and O–H groups in total.